The normalized spacial score (nSPS) is 11.3. The zero-order valence-corrected chi connectivity index (χ0v) is 8.06. The molecular weight excluding hydrogens is 214 g/mol. The van der Waals surface area contributed by atoms with E-state index in [0.29, 0.717) is 5.69 Å². The second-order valence-electron chi connectivity index (χ2n) is 2.33. The van der Waals surface area contributed by atoms with Crippen molar-refractivity contribution in [1.82, 2.24) is 0 Å². The topological polar surface area (TPSA) is 98.2 Å². The molecule has 0 fully saturated rings. The standard InChI is InChI=1S/C6H8ClN3O2S/c7-5-2-1-4(10-8)3-6(5)13(9,11)12/h1-3,10H,8H2,(H2,9,11,12). The molecule has 0 aliphatic rings. The fourth-order valence-corrected chi connectivity index (χ4v) is 1.88. The molecule has 0 spiro atoms. The molecular formula is C6H8ClN3O2S. The highest BCUT2D eigenvalue weighted by molar-refractivity contribution is 7.89. The molecule has 0 saturated heterocycles. The molecule has 0 amide bonds. The molecule has 1 aromatic carbocycles. The number of halogens is 1. The van der Waals surface area contributed by atoms with E-state index in [0.717, 1.165) is 0 Å². The largest absolute Gasteiger partial charge is 0.324 e. The minimum atomic E-state index is -3.79. The number of hydrogen-bond donors (Lipinski definition) is 3. The predicted octanol–water partition coefficient (Wildman–Crippen LogP) is 0.273. The van der Waals surface area contributed by atoms with Gasteiger partial charge in [-0.1, -0.05) is 11.6 Å². The maximum absolute atomic E-state index is 10.9. The van der Waals surface area contributed by atoms with E-state index in [9.17, 15) is 8.42 Å². The molecule has 0 aliphatic heterocycles. The van der Waals surface area contributed by atoms with Crippen LogP contribution in [0.5, 0.6) is 0 Å². The summed E-state index contributed by atoms with van der Waals surface area (Å²) in [6.45, 7) is 0. The van der Waals surface area contributed by atoms with Gasteiger partial charge < -0.3 is 5.43 Å². The van der Waals surface area contributed by atoms with Gasteiger partial charge in [-0.2, -0.15) is 0 Å². The van der Waals surface area contributed by atoms with Crippen molar-refractivity contribution < 1.29 is 8.42 Å². The molecule has 0 bridgehead atoms. The zero-order chi connectivity index (χ0) is 10.1. The lowest BCUT2D eigenvalue weighted by Gasteiger charge is -2.04. The van der Waals surface area contributed by atoms with Gasteiger partial charge >= 0.3 is 0 Å². The maximum Gasteiger partial charge on any atom is 0.239 e. The van der Waals surface area contributed by atoms with Crippen LogP contribution in [-0.2, 0) is 10.0 Å². The second kappa shape index (κ2) is 3.51. The van der Waals surface area contributed by atoms with Crippen LogP contribution in [0.3, 0.4) is 0 Å². The molecule has 0 heterocycles. The van der Waals surface area contributed by atoms with Crippen molar-refractivity contribution in [1.29, 1.82) is 0 Å². The molecule has 7 heteroatoms. The fraction of sp³-hybridized carbons (Fsp3) is 0. The molecule has 0 radical (unpaired) electrons. The van der Waals surface area contributed by atoms with Crippen molar-refractivity contribution in [3.05, 3.63) is 23.2 Å². The van der Waals surface area contributed by atoms with Crippen LogP contribution in [0, 0.1) is 0 Å². The van der Waals surface area contributed by atoms with Crippen LogP contribution in [0.25, 0.3) is 0 Å². The van der Waals surface area contributed by atoms with Crippen LogP contribution in [0.2, 0.25) is 5.02 Å². The number of hydrazine groups is 1. The van der Waals surface area contributed by atoms with E-state index in [1.807, 2.05) is 0 Å². The van der Waals surface area contributed by atoms with E-state index in [4.69, 9.17) is 22.6 Å². The Bertz CT molecular complexity index is 418. The number of nitrogens with one attached hydrogen (secondary N) is 1. The van der Waals surface area contributed by atoms with Gasteiger partial charge in [-0.15, -0.1) is 0 Å². The third-order valence-corrected chi connectivity index (χ3v) is 2.80. The molecule has 72 valence electrons. The first kappa shape index (κ1) is 10.3. The first-order chi connectivity index (χ1) is 5.95. The lowest BCUT2D eigenvalue weighted by atomic mass is 10.3. The third-order valence-electron chi connectivity index (χ3n) is 1.40. The highest BCUT2D eigenvalue weighted by Gasteiger charge is 2.12. The van der Waals surface area contributed by atoms with Gasteiger partial charge in [0.1, 0.15) is 4.90 Å². The molecule has 1 aromatic rings. The maximum atomic E-state index is 10.9. The number of nitrogen functional groups attached to an aromatic ring is 1. The summed E-state index contributed by atoms with van der Waals surface area (Å²) in [5.41, 5.74) is 2.71. The summed E-state index contributed by atoms with van der Waals surface area (Å²) in [7, 11) is -3.79. The van der Waals surface area contributed by atoms with E-state index in [-0.39, 0.29) is 9.92 Å². The Morgan fingerprint density at radius 2 is 2.00 bits per heavy atom. The molecule has 0 saturated carbocycles. The van der Waals surface area contributed by atoms with Crippen molar-refractivity contribution in [3.8, 4) is 0 Å². The van der Waals surface area contributed by atoms with Crippen LogP contribution in [-0.4, -0.2) is 8.42 Å². The van der Waals surface area contributed by atoms with Crippen LogP contribution in [0.15, 0.2) is 23.1 Å². The lowest BCUT2D eigenvalue weighted by Crippen LogP contribution is -2.14. The summed E-state index contributed by atoms with van der Waals surface area (Å²) in [6.07, 6.45) is 0. The molecule has 0 unspecified atom stereocenters. The Balaban J connectivity index is 3.36. The number of primary sulfonamides is 1. The molecule has 0 atom stereocenters. The van der Waals surface area contributed by atoms with Gasteiger partial charge in [0.25, 0.3) is 0 Å². The van der Waals surface area contributed by atoms with Crippen LogP contribution in [0.4, 0.5) is 5.69 Å². The van der Waals surface area contributed by atoms with Gasteiger partial charge in [-0.25, -0.2) is 13.6 Å². The van der Waals surface area contributed by atoms with Gasteiger partial charge in [0.15, 0.2) is 0 Å². The van der Waals surface area contributed by atoms with Crippen molar-refractivity contribution >= 4 is 27.3 Å². The smallest absolute Gasteiger partial charge is 0.239 e. The summed E-state index contributed by atoms with van der Waals surface area (Å²) >= 11 is 5.61. The minimum Gasteiger partial charge on any atom is -0.324 e. The first-order valence-corrected chi connectivity index (χ1v) is 5.16. The third kappa shape index (κ3) is 2.31. The SMILES string of the molecule is NNc1ccc(Cl)c(S(N)(=O)=O)c1. The van der Waals surface area contributed by atoms with Crippen LogP contribution in [0.1, 0.15) is 0 Å². The number of hydrogen-bond acceptors (Lipinski definition) is 4. The first-order valence-electron chi connectivity index (χ1n) is 3.24. The van der Waals surface area contributed by atoms with Gasteiger partial charge in [0.05, 0.1) is 5.02 Å². The summed E-state index contributed by atoms with van der Waals surface area (Å²) < 4.78 is 21.9. The molecule has 1 rings (SSSR count). The van der Waals surface area contributed by atoms with E-state index >= 15 is 0 Å². The average molecular weight is 222 g/mol. The van der Waals surface area contributed by atoms with Gasteiger partial charge in [-0.05, 0) is 18.2 Å². The minimum absolute atomic E-state index is 0.0708. The van der Waals surface area contributed by atoms with Gasteiger partial charge in [0, 0.05) is 5.69 Å². The van der Waals surface area contributed by atoms with Gasteiger partial charge in [-0.3, -0.25) is 5.84 Å². The molecule has 0 aromatic heterocycles. The average Bonchev–Trinajstić information content (AvgIpc) is 2.03. The zero-order valence-electron chi connectivity index (χ0n) is 6.49. The van der Waals surface area contributed by atoms with Gasteiger partial charge in [0.2, 0.25) is 10.0 Å². The summed E-state index contributed by atoms with van der Waals surface area (Å²) in [5.74, 6) is 5.08. The number of anilines is 1. The monoisotopic (exact) mass is 221 g/mol. The summed E-state index contributed by atoms with van der Waals surface area (Å²) in [6, 6.07) is 4.20. The summed E-state index contributed by atoms with van der Waals surface area (Å²) in [4.78, 5) is -0.149. The Labute approximate surface area is 80.7 Å². The molecule has 0 aliphatic carbocycles. The van der Waals surface area contributed by atoms with Crippen molar-refractivity contribution in [2.75, 3.05) is 5.43 Å². The number of benzene rings is 1. The Morgan fingerprint density at radius 3 is 2.46 bits per heavy atom. The summed E-state index contributed by atoms with van der Waals surface area (Å²) in [5, 5.41) is 4.97. The van der Waals surface area contributed by atoms with E-state index < -0.39 is 10.0 Å². The highest BCUT2D eigenvalue weighted by Crippen LogP contribution is 2.23. The quantitative estimate of drug-likeness (QED) is 0.493. The lowest BCUT2D eigenvalue weighted by molar-refractivity contribution is 0.598. The molecule has 13 heavy (non-hydrogen) atoms. The molecule has 5 N–H and O–H groups in total. The van der Waals surface area contributed by atoms with Crippen LogP contribution < -0.4 is 16.4 Å². The second-order valence-corrected chi connectivity index (χ2v) is 4.27. The number of nitrogens with two attached hydrogens (primary N) is 2. The number of sulfonamides is 1. The predicted molar refractivity (Wildman–Crippen MR) is 50.6 cm³/mol. The van der Waals surface area contributed by atoms with Crippen molar-refractivity contribution in [2.45, 2.75) is 4.90 Å². The van der Waals surface area contributed by atoms with Crippen LogP contribution >= 0.6 is 11.6 Å². The highest BCUT2D eigenvalue weighted by atomic mass is 35.5. The Hall–Kier alpha value is -0.820. The van der Waals surface area contributed by atoms with E-state index in [1.54, 1.807) is 0 Å². The van der Waals surface area contributed by atoms with E-state index in [1.165, 1.54) is 18.2 Å². The fourth-order valence-electron chi connectivity index (χ4n) is 0.811. The van der Waals surface area contributed by atoms with E-state index in [2.05, 4.69) is 5.43 Å². The number of rotatable bonds is 2. The Morgan fingerprint density at radius 1 is 1.38 bits per heavy atom. The van der Waals surface area contributed by atoms with Crippen molar-refractivity contribution in [2.24, 2.45) is 11.0 Å². The van der Waals surface area contributed by atoms with Crippen molar-refractivity contribution in [3.63, 3.8) is 0 Å². The Kier molecular flexibility index (Phi) is 2.77. The molecule has 5 nitrogen and oxygen atoms in total.